The molecule has 3 nitrogen and oxygen atoms in total. The van der Waals surface area contributed by atoms with Crippen LogP contribution < -0.4 is 0 Å². The summed E-state index contributed by atoms with van der Waals surface area (Å²) in [5.74, 6) is 0.286. The van der Waals surface area contributed by atoms with Crippen LogP contribution >= 0.6 is 22.7 Å². The van der Waals surface area contributed by atoms with Gasteiger partial charge in [-0.15, -0.1) is 57.6 Å². The van der Waals surface area contributed by atoms with Crippen LogP contribution in [0.3, 0.4) is 0 Å². The summed E-state index contributed by atoms with van der Waals surface area (Å²) in [6.45, 7) is 23.1. The molecule has 3 aromatic heterocycles. The van der Waals surface area contributed by atoms with Gasteiger partial charge in [0.1, 0.15) is 5.76 Å². The number of aliphatic hydroxyl groups excluding tert-OH is 1. The van der Waals surface area contributed by atoms with Crippen molar-refractivity contribution >= 4 is 38.5 Å². The van der Waals surface area contributed by atoms with E-state index in [9.17, 15) is 9.90 Å². The molecule has 0 fully saturated rings. The van der Waals surface area contributed by atoms with Crippen LogP contribution in [0.25, 0.3) is 41.5 Å². The van der Waals surface area contributed by atoms with E-state index in [-0.39, 0.29) is 42.5 Å². The van der Waals surface area contributed by atoms with E-state index in [1.54, 1.807) is 0 Å². The predicted molar refractivity (Wildman–Crippen MR) is 209 cm³/mol. The second-order valence-corrected chi connectivity index (χ2v) is 15.7. The number of carbonyl (C=O) groups excluding carboxylic acids is 1. The Labute approximate surface area is 316 Å². The van der Waals surface area contributed by atoms with E-state index in [1.165, 1.54) is 58.6 Å². The van der Waals surface area contributed by atoms with E-state index in [0.29, 0.717) is 0 Å². The van der Waals surface area contributed by atoms with Crippen molar-refractivity contribution in [2.45, 2.75) is 102 Å². The topological polar surface area (TPSA) is 50.2 Å². The van der Waals surface area contributed by atoms with E-state index < -0.39 is 0 Å². The van der Waals surface area contributed by atoms with Crippen LogP contribution in [-0.2, 0) is 24.9 Å². The Morgan fingerprint density at radius 3 is 1.94 bits per heavy atom. The first-order valence-electron chi connectivity index (χ1n) is 17.2. The summed E-state index contributed by atoms with van der Waals surface area (Å²) in [6, 6.07) is 20.8. The van der Waals surface area contributed by atoms with E-state index in [2.05, 4.69) is 89.2 Å². The first kappa shape index (κ1) is 40.5. The Morgan fingerprint density at radius 1 is 0.796 bits per heavy atom. The summed E-state index contributed by atoms with van der Waals surface area (Å²) in [7, 11) is 0. The molecule has 0 saturated carbocycles. The van der Waals surface area contributed by atoms with Gasteiger partial charge in [0.15, 0.2) is 5.78 Å². The van der Waals surface area contributed by atoms with Gasteiger partial charge in [0.25, 0.3) is 0 Å². The molecule has 5 aromatic rings. The number of hydrogen-bond donors (Lipinski definition) is 1. The number of hydrogen-bond acceptors (Lipinski definition) is 5. The zero-order valence-electron chi connectivity index (χ0n) is 31.1. The van der Waals surface area contributed by atoms with Gasteiger partial charge in [-0.2, -0.15) is 0 Å². The normalized spacial score (nSPS) is 12.0. The number of benzene rings is 2. The molecule has 2 aromatic carbocycles. The maximum absolute atomic E-state index is 12.2. The maximum atomic E-state index is 12.2. The smallest absolute Gasteiger partial charge is 0.164 e. The molecular formula is C43H52IrNO2S2-. The Morgan fingerprint density at radius 2 is 1.37 bits per heavy atom. The monoisotopic (exact) mass is 871 g/mol. The Balaban J connectivity index is 0.000000312. The number of carbonyl (C=O) groups is 1. The van der Waals surface area contributed by atoms with Gasteiger partial charge in [-0.3, -0.25) is 4.79 Å². The number of fused-ring (bicyclic) bond motifs is 1. The average molecular weight is 871 g/mol. The molecular weight excluding hydrogens is 819 g/mol. The average Bonchev–Trinajstić information content (AvgIpc) is 3.58. The molecule has 0 unspecified atom stereocenters. The summed E-state index contributed by atoms with van der Waals surface area (Å²) in [4.78, 5) is 21.1. The Kier molecular flexibility index (Phi) is 14.0. The van der Waals surface area contributed by atoms with Crippen molar-refractivity contribution in [3.8, 4) is 31.5 Å². The number of ketones is 1. The fraction of sp³-hybridized carbons (Fsp3) is 0.395. The standard InChI is InChI=1S/C28H24NS2.C15H28O2.Ir/c1-16-13-17(2)15-22(14-16)24-28-23(11-12-29-24)20(5)27(31-28)26-19(4)18(3)25(30-26)21-9-7-6-8-10-21;1-7-14(5,8-2)12(16)11-13(17)15(6,9-3)10-4;/h6-14H,1-5H3;11,16H,7-10H2,1-6H3;/q-1;;/b;12-11-;. The zero-order valence-corrected chi connectivity index (χ0v) is 35.1. The van der Waals surface area contributed by atoms with Crippen LogP contribution in [0.1, 0.15) is 95.0 Å². The van der Waals surface area contributed by atoms with E-state index in [4.69, 9.17) is 4.98 Å². The molecule has 0 aliphatic rings. The van der Waals surface area contributed by atoms with Gasteiger partial charge in [-0.1, -0.05) is 85.7 Å². The largest absolute Gasteiger partial charge is 0.512 e. The number of pyridine rings is 1. The third-order valence-corrected chi connectivity index (χ3v) is 13.5. The van der Waals surface area contributed by atoms with Gasteiger partial charge in [-0.25, -0.2) is 0 Å². The first-order valence-corrected chi connectivity index (χ1v) is 18.9. The Hall–Kier alpha value is -2.89. The van der Waals surface area contributed by atoms with Gasteiger partial charge in [-0.05, 0) is 80.2 Å². The van der Waals surface area contributed by atoms with Crippen molar-refractivity contribution in [1.82, 2.24) is 4.98 Å². The Bertz CT molecular complexity index is 1900. The molecule has 0 aliphatic carbocycles. The number of aromatic nitrogens is 1. The van der Waals surface area contributed by atoms with Crippen molar-refractivity contribution in [3.63, 3.8) is 0 Å². The molecule has 6 heteroatoms. The number of allylic oxidation sites excluding steroid dienone is 2. The van der Waals surface area contributed by atoms with Crippen LogP contribution in [0, 0.1) is 51.5 Å². The van der Waals surface area contributed by atoms with Gasteiger partial charge in [0, 0.05) is 68.2 Å². The summed E-state index contributed by atoms with van der Waals surface area (Å²) in [6.07, 6.45) is 6.69. The third kappa shape index (κ3) is 8.53. The minimum atomic E-state index is -0.337. The molecule has 3 heterocycles. The molecule has 0 aliphatic heterocycles. The number of rotatable bonds is 10. The molecule has 0 saturated heterocycles. The van der Waals surface area contributed by atoms with Crippen molar-refractivity contribution in [2.75, 3.05) is 0 Å². The molecule has 1 N–H and O–H groups in total. The minimum Gasteiger partial charge on any atom is -0.512 e. The van der Waals surface area contributed by atoms with Gasteiger partial charge in [0.05, 0.1) is 0 Å². The number of aryl methyl sites for hydroxylation is 3. The minimum absolute atomic E-state index is 0. The molecule has 0 spiro atoms. The molecule has 49 heavy (non-hydrogen) atoms. The summed E-state index contributed by atoms with van der Waals surface area (Å²) in [5, 5.41) is 11.4. The fourth-order valence-corrected chi connectivity index (χ4v) is 8.81. The van der Waals surface area contributed by atoms with Crippen LogP contribution in [-0.4, -0.2) is 15.9 Å². The van der Waals surface area contributed by atoms with E-state index >= 15 is 0 Å². The van der Waals surface area contributed by atoms with Crippen molar-refractivity contribution in [2.24, 2.45) is 10.8 Å². The number of aliphatic hydroxyl groups is 1. The summed E-state index contributed by atoms with van der Waals surface area (Å²) in [5.41, 5.74) is 9.32. The van der Waals surface area contributed by atoms with Gasteiger partial charge >= 0.3 is 0 Å². The van der Waals surface area contributed by atoms with E-state index in [1.807, 2.05) is 70.4 Å². The van der Waals surface area contributed by atoms with E-state index in [0.717, 1.165) is 42.5 Å². The second-order valence-electron chi connectivity index (χ2n) is 13.7. The molecule has 0 atom stereocenters. The molecule has 263 valence electrons. The quantitative estimate of drug-likeness (QED) is 0.0864. The zero-order chi connectivity index (χ0) is 35.4. The molecule has 1 radical (unpaired) electrons. The van der Waals surface area contributed by atoms with Crippen LogP contribution in [0.15, 0.2) is 66.6 Å². The van der Waals surface area contributed by atoms with Crippen molar-refractivity contribution in [1.29, 1.82) is 0 Å². The summed E-state index contributed by atoms with van der Waals surface area (Å²) >= 11 is 3.78. The maximum Gasteiger partial charge on any atom is 0.164 e. The van der Waals surface area contributed by atoms with Crippen LogP contribution in [0.5, 0.6) is 0 Å². The number of thiophene rings is 2. The summed E-state index contributed by atoms with van der Waals surface area (Å²) < 4.78 is 1.25. The van der Waals surface area contributed by atoms with Crippen LogP contribution in [0.2, 0.25) is 0 Å². The van der Waals surface area contributed by atoms with Crippen molar-refractivity contribution < 1.29 is 30.0 Å². The first-order chi connectivity index (χ1) is 22.7. The van der Waals surface area contributed by atoms with Crippen molar-refractivity contribution in [3.05, 3.63) is 100 Å². The molecule has 0 amide bonds. The predicted octanol–water partition coefficient (Wildman–Crippen LogP) is 13.3. The van der Waals surface area contributed by atoms with Gasteiger partial charge < -0.3 is 10.1 Å². The van der Waals surface area contributed by atoms with Crippen LogP contribution in [0.4, 0.5) is 0 Å². The molecule has 5 rings (SSSR count). The number of nitrogens with zero attached hydrogens (tertiary/aromatic N) is 1. The van der Waals surface area contributed by atoms with Gasteiger partial charge in [0.2, 0.25) is 0 Å². The second kappa shape index (κ2) is 16.9. The molecule has 0 bridgehead atoms. The fourth-order valence-electron chi connectivity index (χ4n) is 5.94. The third-order valence-electron chi connectivity index (χ3n) is 10.5. The SMILES string of the molecule is CCC(C)(CC)C(=O)/C=C(\O)C(C)(CC)CC.Cc1[c-]c(-c2nccc3c(C)c(-c4sc(-c5ccccc5)c(C)c4C)sc23)cc(C)c1.[Ir].